The number of H-pyrrole nitrogens is 1. The van der Waals surface area contributed by atoms with Crippen LogP contribution >= 0.6 is 11.8 Å². The van der Waals surface area contributed by atoms with Crippen LogP contribution in [0.2, 0.25) is 0 Å². The summed E-state index contributed by atoms with van der Waals surface area (Å²) in [5.41, 5.74) is 13.8. The van der Waals surface area contributed by atoms with Crippen LogP contribution in [-0.4, -0.2) is 148 Å². The number of thioether (sulfide) groups is 1. The molecule has 1 fully saturated rings. The number of aromatic amines is 1. The minimum Gasteiger partial charge on any atom is -0.462 e. The lowest BCUT2D eigenvalue weighted by Gasteiger charge is -2.32. The minimum absolute atomic E-state index is 0.0354. The van der Waals surface area contributed by atoms with Gasteiger partial charge in [0.1, 0.15) is 42.9 Å². The first kappa shape index (κ1) is 55.9. The maximum absolute atomic E-state index is 14.5. The fraction of sp³-hybridized carbons (Fsp3) is 0.500. The zero-order valence-corrected chi connectivity index (χ0v) is 41.5. The van der Waals surface area contributed by atoms with Crippen molar-refractivity contribution in [1.29, 1.82) is 0 Å². The SMILES string of the molecule is CC[C@H](C)[C@@H]1NC(=O)CNC(=O)[C@H](N)Cc2c([nH]c3ccccc23)SCC(C(=O)N[C@@H](CC(N)=O)C(=O)N2C[C@H](O)C[C@H]2C(=O)N[C@H](C(=O)OCc2ccccc2)[C@@H](C)[C@H](C)OC(C)=O)NC(=O)CNC1=O. The number of nitrogens with zero attached hydrogens (tertiary/aromatic N) is 1. The van der Waals surface area contributed by atoms with Crippen LogP contribution in [-0.2, 0) is 70.4 Å². The molecule has 0 spiro atoms. The molecule has 2 aromatic carbocycles. The second kappa shape index (κ2) is 25.9. The molecule has 1 aromatic heterocycles. The summed E-state index contributed by atoms with van der Waals surface area (Å²) in [6, 6.07) is 7.39. The first-order chi connectivity index (χ1) is 34.2. The van der Waals surface area contributed by atoms with Crippen molar-refractivity contribution in [3.05, 3.63) is 65.7 Å². The van der Waals surface area contributed by atoms with Gasteiger partial charge in [0.25, 0.3) is 0 Å². The van der Waals surface area contributed by atoms with E-state index in [1.54, 1.807) is 75.4 Å². The third-order valence-corrected chi connectivity index (χ3v) is 13.7. The molecular weight excluding hydrogens is 957 g/mol. The van der Waals surface area contributed by atoms with Crippen LogP contribution in [0.4, 0.5) is 0 Å². The van der Waals surface area contributed by atoms with E-state index >= 15 is 0 Å². The smallest absolute Gasteiger partial charge is 0.329 e. The van der Waals surface area contributed by atoms with E-state index in [-0.39, 0.29) is 25.2 Å². The summed E-state index contributed by atoms with van der Waals surface area (Å²) in [5.74, 6) is -9.93. The molecule has 0 aliphatic carbocycles. The lowest BCUT2D eigenvalue weighted by Crippen LogP contribution is -2.59. The number of ether oxygens (including phenoxy) is 2. The zero-order valence-electron chi connectivity index (χ0n) is 40.7. The van der Waals surface area contributed by atoms with Gasteiger partial charge in [0.05, 0.1) is 36.7 Å². The number of fused-ring (bicyclic) bond motifs is 3. The Morgan fingerprint density at radius 3 is 2.21 bits per heavy atom. The Labute approximate surface area is 419 Å². The van der Waals surface area contributed by atoms with Crippen LogP contribution < -0.4 is 43.4 Å². The highest BCUT2D eigenvalue weighted by molar-refractivity contribution is 7.99. The molecule has 72 heavy (non-hydrogen) atoms. The van der Waals surface area contributed by atoms with E-state index in [1.807, 2.05) is 0 Å². The molecule has 2 aliphatic rings. The number of rotatable bonds is 15. The number of β-amino-alcohol motifs (C(OH)–C–C–N with tert-alkyl or cyclic N) is 1. The van der Waals surface area contributed by atoms with Gasteiger partial charge in [-0.3, -0.25) is 43.2 Å². The quantitative estimate of drug-likeness (QED) is 0.0777. The number of aliphatic hydroxyl groups excluding tert-OH is 1. The lowest BCUT2D eigenvalue weighted by atomic mass is 9.95. The molecule has 0 radical (unpaired) electrons. The molecule has 10 atom stereocenters. The first-order valence-corrected chi connectivity index (χ1v) is 24.5. The van der Waals surface area contributed by atoms with Crippen molar-refractivity contribution in [2.24, 2.45) is 23.3 Å². The number of carbonyl (C=O) groups is 10. The van der Waals surface area contributed by atoms with Crippen molar-refractivity contribution < 1.29 is 62.5 Å². The first-order valence-electron chi connectivity index (χ1n) is 23.5. The maximum atomic E-state index is 14.5. The van der Waals surface area contributed by atoms with Crippen LogP contribution in [0, 0.1) is 11.8 Å². The Balaban J connectivity index is 1.42. The molecule has 0 bridgehead atoms. The standard InChI is InChI=1S/C48H64N10O13S/c1-6-24(2)40-45(67)52-19-38(62)53-35(23-72-46-31(30-14-10-11-15-33(30)55-46)17-32(49)42(64)51-20-39(63)56-40)43(65)54-34(18-37(50)61)47(68)58-21-29(60)16-36(58)44(66)57-41(25(3)26(4)71-27(5)59)48(69)70-22-28-12-8-7-9-13-28/h7-15,24-26,29,32,34-36,40-41,55,60H,6,16-23,49H2,1-5H3,(H2,50,61)(H,51,64)(H,52,67)(H,53,62)(H,54,65)(H,56,63)(H,57,66)/t24-,25-,26-,29+,32+,34-,35?,36-,40-,41-/m0/s1. The molecule has 24 heteroatoms. The van der Waals surface area contributed by atoms with Crippen LogP contribution in [0.15, 0.2) is 59.6 Å². The molecule has 1 unspecified atom stereocenters. The highest BCUT2D eigenvalue weighted by Gasteiger charge is 2.44. The summed E-state index contributed by atoms with van der Waals surface area (Å²) in [5, 5.41) is 27.3. The summed E-state index contributed by atoms with van der Waals surface area (Å²) < 4.78 is 10.9. The summed E-state index contributed by atoms with van der Waals surface area (Å²) in [6.07, 6.45) is -2.90. The van der Waals surface area contributed by atoms with Crippen molar-refractivity contribution in [2.45, 2.75) is 120 Å². The third kappa shape index (κ3) is 15.2. The predicted octanol–water partition coefficient (Wildman–Crippen LogP) is -1.47. The number of benzene rings is 2. The zero-order chi connectivity index (χ0) is 52.8. The number of aliphatic hydroxyl groups is 1. The Morgan fingerprint density at radius 2 is 1.54 bits per heavy atom. The predicted molar refractivity (Wildman–Crippen MR) is 260 cm³/mol. The number of hydrogen-bond acceptors (Lipinski definition) is 15. The topological polar surface area (TPSA) is 353 Å². The number of carbonyl (C=O) groups excluding carboxylic acids is 10. The summed E-state index contributed by atoms with van der Waals surface area (Å²) in [7, 11) is 0. The molecule has 12 N–H and O–H groups in total. The van der Waals surface area contributed by atoms with Crippen molar-refractivity contribution in [2.75, 3.05) is 25.4 Å². The van der Waals surface area contributed by atoms with Crippen molar-refractivity contribution in [3.8, 4) is 0 Å². The summed E-state index contributed by atoms with van der Waals surface area (Å²) in [4.78, 5) is 139. The van der Waals surface area contributed by atoms with Crippen molar-refractivity contribution >= 4 is 81.9 Å². The largest absolute Gasteiger partial charge is 0.462 e. The number of aromatic nitrogens is 1. The molecular formula is C48H64N10O13S. The number of nitrogens with two attached hydrogens (primary N) is 2. The van der Waals surface area contributed by atoms with E-state index < -0.39 is 146 Å². The molecule has 23 nitrogen and oxygen atoms in total. The van der Waals surface area contributed by atoms with Gasteiger partial charge in [0.2, 0.25) is 47.3 Å². The van der Waals surface area contributed by atoms with E-state index in [4.69, 9.17) is 20.9 Å². The Hall–Kier alpha value is -7.05. The molecule has 3 heterocycles. The number of hydrogen-bond donors (Lipinski definition) is 10. The Kier molecular flexibility index (Phi) is 20.1. The number of amides is 8. The monoisotopic (exact) mass is 1020 g/mol. The van der Waals surface area contributed by atoms with Gasteiger partial charge >= 0.3 is 11.9 Å². The van der Waals surface area contributed by atoms with Gasteiger partial charge in [-0.15, -0.1) is 11.8 Å². The second-order valence-corrected chi connectivity index (χ2v) is 19.0. The summed E-state index contributed by atoms with van der Waals surface area (Å²) >= 11 is 1.05. The van der Waals surface area contributed by atoms with Crippen molar-refractivity contribution in [1.82, 2.24) is 41.8 Å². The van der Waals surface area contributed by atoms with Gasteiger partial charge in [-0.1, -0.05) is 75.7 Å². The van der Waals surface area contributed by atoms with E-state index in [2.05, 4.69) is 36.9 Å². The van der Waals surface area contributed by atoms with Gasteiger partial charge < -0.3 is 67.8 Å². The van der Waals surface area contributed by atoms with E-state index in [9.17, 15) is 53.1 Å². The van der Waals surface area contributed by atoms with Crippen LogP contribution in [0.25, 0.3) is 10.9 Å². The highest BCUT2D eigenvalue weighted by atomic mass is 32.2. The lowest BCUT2D eigenvalue weighted by molar-refractivity contribution is -0.157. The van der Waals surface area contributed by atoms with E-state index in [1.165, 1.54) is 13.8 Å². The fourth-order valence-corrected chi connectivity index (χ4v) is 9.32. The van der Waals surface area contributed by atoms with Gasteiger partial charge in [-0.25, -0.2) is 4.79 Å². The number of para-hydroxylation sites is 1. The van der Waals surface area contributed by atoms with E-state index in [0.717, 1.165) is 16.7 Å². The minimum atomic E-state index is -1.76. The Morgan fingerprint density at radius 1 is 0.889 bits per heavy atom. The highest BCUT2D eigenvalue weighted by Crippen LogP contribution is 2.31. The van der Waals surface area contributed by atoms with E-state index in [0.29, 0.717) is 33.5 Å². The van der Waals surface area contributed by atoms with Crippen molar-refractivity contribution in [3.63, 3.8) is 0 Å². The average Bonchev–Trinajstić information content (AvgIpc) is 3.91. The van der Waals surface area contributed by atoms with Gasteiger partial charge in [-0.05, 0) is 36.5 Å². The van der Waals surface area contributed by atoms with Gasteiger partial charge in [0, 0.05) is 42.5 Å². The molecule has 2 aliphatic heterocycles. The molecule has 1 saturated heterocycles. The number of esters is 2. The second-order valence-electron chi connectivity index (χ2n) is 18.0. The van der Waals surface area contributed by atoms with Crippen LogP contribution in [0.1, 0.15) is 65.0 Å². The molecule has 390 valence electrons. The van der Waals surface area contributed by atoms with Gasteiger partial charge in [-0.2, -0.15) is 0 Å². The third-order valence-electron chi connectivity index (χ3n) is 12.5. The summed E-state index contributed by atoms with van der Waals surface area (Å²) in [6.45, 7) is 6.00. The molecule has 5 rings (SSSR count). The number of primary amides is 1. The fourth-order valence-electron chi connectivity index (χ4n) is 8.20. The normalized spacial score (nSPS) is 22.4. The number of likely N-dealkylation sites (tertiary alicyclic amines) is 1. The molecule has 0 saturated carbocycles. The van der Waals surface area contributed by atoms with Gasteiger partial charge in [0.15, 0.2) is 0 Å². The Bertz CT molecular complexity index is 2490. The average molecular weight is 1020 g/mol. The van der Waals surface area contributed by atoms with Crippen LogP contribution in [0.3, 0.4) is 0 Å². The van der Waals surface area contributed by atoms with Crippen LogP contribution in [0.5, 0.6) is 0 Å². The number of nitrogens with one attached hydrogen (secondary N) is 7. The maximum Gasteiger partial charge on any atom is 0.329 e. The molecule has 3 aromatic rings. The molecule has 8 amide bonds.